The lowest BCUT2D eigenvalue weighted by molar-refractivity contribution is 0.137. The van der Waals surface area contributed by atoms with Gasteiger partial charge in [0.15, 0.2) is 5.89 Å². The van der Waals surface area contributed by atoms with E-state index in [1.54, 1.807) is 18.8 Å². The fourth-order valence-electron chi connectivity index (χ4n) is 4.72. The minimum atomic E-state index is 0.255. The third kappa shape index (κ3) is 3.42. The number of oxazole rings is 1. The van der Waals surface area contributed by atoms with Gasteiger partial charge in [0, 0.05) is 17.3 Å². The predicted molar refractivity (Wildman–Crippen MR) is 109 cm³/mol. The molecule has 6 nitrogen and oxygen atoms in total. The largest absolute Gasteiger partial charge is 0.474 e. The number of thiophene rings is 1. The van der Waals surface area contributed by atoms with Crippen molar-refractivity contribution in [1.82, 2.24) is 20.3 Å². The highest BCUT2D eigenvalue weighted by Crippen LogP contribution is 2.47. The fraction of sp³-hybridized carbons (Fsp3) is 0.571. The van der Waals surface area contributed by atoms with Crippen LogP contribution in [0.3, 0.4) is 0 Å². The van der Waals surface area contributed by atoms with Gasteiger partial charge in [-0.15, -0.1) is 11.3 Å². The van der Waals surface area contributed by atoms with Gasteiger partial charge in [0.2, 0.25) is 5.88 Å². The first-order chi connectivity index (χ1) is 13.8. The molecule has 0 unspecified atom stereocenters. The second-order valence-corrected chi connectivity index (χ2v) is 8.96. The third-order valence-electron chi connectivity index (χ3n) is 6.25. The van der Waals surface area contributed by atoms with E-state index in [9.17, 15) is 0 Å². The number of hydrogen-bond donors (Lipinski definition) is 1. The van der Waals surface area contributed by atoms with Crippen LogP contribution in [0, 0.1) is 0 Å². The first-order valence-electron chi connectivity index (χ1n) is 10.3. The SMILES string of the molecule is CNC1CCC(Oc2ncnc3sc4c(c23)[C@@H](CCc2ncco2)CC4)CC1. The minimum Gasteiger partial charge on any atom is -0.474 e. The van der Waals surface area contributed by atoms with E-state index in [1.807, 2.05) is 18.4 Å². The molecule has 0 aliphatic heterocycles. The quantitative estimate of drug-likeness (QED) is 0.669. The number of nitrogens with one attached hydrogen (secondary N) is 1. The topological polar surface area (TPSA) is 73.1 Å². The van der Waals surface area contributed by atoms with Crippen molar-refractivity contribution in [3.8, 4) is 5.88 Å². The molecule has 148 valence electrons. The molecule has 0 saturated heterocycles. The second kappa shape index (κ2) is 7.79. The zero-order valence-electron chi connectivity index (χ0n) is 16.2. The lowest BCUT2D eigenvalue weighted by Crippen LogP contribution is -2.34. The molecule has 0 aromatic carbocycles. The zero-order valence-corrected chi connectivity index (χ0v) is 17.0. The van der Waals surface area contributed by atoms with Crippen LogP contribution in [-0.4, -0.2) is 34.1 Å². The molecule has 0 spiro atoms. The van der Waals surface area contributed by atoms with Crippen LogP contribution in [0.5, 0.6) is 5.88 Å². The molecule has 3 aromatic heterocycles. The Balaban J connectivity index is 1.39. The number of hydrogen-bond acceptors (Lipinski definition) is 7. The van der Waals surface area contributed by atoms with Crippen LogP contribution in [-0.2, 0) is 12.8 Å². The van der Waals surface area contributed by atoms with Gasteiger partial charge in [-0.25, -0.2) is 15.0 Å². The third-order valence-corrected chi connectivity index (χ3v) is 7.42. The number of ether oxygens (including phenoxy) is 1. The van der Waals surface area contributed by atoms with E-state index >= 15 is 0 Å². The Labute approximate surface area is 168 Å². The summed E-state index contributed by atoms with van der Waals surface area (Å²) in [6, 6.07) is 0.621. The Bertz CT molecular complexity index is 931. The monoisotopic (exact) mass is 398 g/mol. The second-order valence-electron chi connectivity index (χ2n) is 7.88. The standard InChI is InChI=1S/C21H26N4O2S/c1-22-14-4-6-15(7-5-14)27-20-19-18-13(3-9-17-23-10-11-26-17)2-8-16(18)28-21(19)25-12-24-20/h10-15,22H,2-9H2,1H3/t13-,14?,15?/m1/s1. The van der Waals surface area contributed by atoms with E-state index in [1.165, 1.54) is 16.9 Å². The molecule has 1 atom stereocenters. The van der Waals surface area contributed by atoms with Crippen LogP contribution in [0.2, 0.25) is 0 Å². The van der Waals surface area contributed by atoms with Gasteiger partial charge in [0.05, 0.1) is 11.6 Å². The van der Waals surface area contributed by atoms with Crippen LogP contribution in [0.25, 0.3) is 10.2 Å². The molecule has 1 saturated carbocycles. The molecule has 1 N–H and O–H groups in total. The van der Waals surface area contributed by atoms with Crippen molar-refractivity contribution < 1.29 is 9.15 Å². The van der Waals surface area contributed by atoms with Gasteiger partial charge in [0.1, 0.15) is 23.5 Å². The van der Waals surface area contributed by atoms with Crippen molar-refractivity contribution in [2.45, 2.75) is 69.4 Å². The molecule has 2 aliphatic carbocycles. The van der Waals surface area contributed by atoms with Gasteiger partial charge in [-0.3, -0.25) is 0 Å². The number of nitrogens with zero attached hydrogens (tertiary/aromatic N) is 3. The van der Waals surface area contributed by atoms with Crippen molar-refractivity contribution in [3.05, 3.63) is 35.1 Å². The van der Waals surface area contributed by atoms with Crippen LogP contribution in [0.15, 0.2) is 23.2 Å². The number of aryl methyl sites for hydroxylation is 2. The summed E-state index contributed by atoms with van der Waals surface area (Å²) in [4.78, 5) is 15.9. The average molecular weight is 399 g/mol. The highest BCUT2D eigenvalue weighted by Gasteiger charge is 2.31. The fourth-order valence-corrected chi connectivity index (χ4v) is 5.95. The molecule has 2 aliphatic rings. The highest BCUT2D eigenvalue weighted by molar-refractivity contribution is 7.19. The van der Waals surface area contributed by atoms with E-state index in [0.29, 0.717) is 12.0 Å². The summed E-state index contributed by atoms with van der Waals surface area (Å²) in [5.74, 6) is 2.12. The lowest BCUT2D eigenvalue weighted by atomic mass is 9.93. The predicted octanol–water partition coefficient (Wildman–Crippen LogP) is 4.25. The van der Waals surface area contributed by atoms with Crippen molar-refractivity contribution in [2.24, 2.45) is 0 Å². The molecule has 28 heavy (non-hydrogen) atoms. The summed E-state index contributed by atoms with van der Waals surface area (Å²) >= 11 is 1.81. The summed E-state index contributed by atoms with van der Waals surface area (Å²) in [6.07, 6.45) is 14.0. The summed E-state index contributed by atoms with van der Waals surface area (Å²) in [7, 11) is 2.05. The molecule has 5 rings (SSSR count). The van der Waals surface area contributed by atoms with Crippen molar-refractivity contribution in [1.29, 1.82) is 0 Å². The highest BCUT2D eigenvalue weighted by atomic mass is 32.1. The smallest absolute Gasteiger partial charge is 0.225 e. The Morgan fingerprint density at radius 3 is 2.86 bits per heavy atom. The average Bonchev–Trinajstić information content (AvgIpc) is 3.44. The first kappa shape index (κ1) is 18.1. The van der Waals surface area contributed by atoms with Gasteiger partial charge in [0.25, 0.3) is 0 Å². The number of fused-ring (bicyclic) bond motifs is 3. The molecular formula is C21H26N4O2S. The molecule has 0 bridgehead atoms. The van der Waals surface area contributed by atoms with Crippen molar-refractivity contribution >= 4 is 21.6 Å². The van der Waals surface area contributed by atoms with E-state index < -0.39 is 0 Å². The van der Waals surface area contributed by atoms with Crippen LogP contribution in [0.4, 0.5) is 0 Å². The van der Waals surface area contributed by atoms with Gasteiger partial charge < -0.3 is 14.5 Å². The van der Waals surface area contributed by atoms with Crippen LogP contribution >= 0.6 is 11.3 Å². The van der Waals surface area contributed by atoms with Gasteiger partial charge in [-0.1, -0.05) is 0 Å². The molecule has 0 radical (unpaired) electrons. The normalized spacial score (nSPS) is 24.5. The maximum absolute atomic E-state index is 6.44. The van der Waals surface area contributed by atoms with Crippen molar-refractivity contribution in [2.75, 3.05) is 7.05 Å². The molecular weight excluding hydrogens is 372 g/mol. The summed E-state index contributed by atoms with van der Waals surface area (Å²) in [5, 5.41) is 4.55. The molecule has 0 amide bonds. The van der Waals surface area contributed by atoms with E-state index in [-0.39, 0.29) is 6.10 Å². The molecule has 3 heterocycles. The number of rotatable bonds is 6. The molecule has 3 aromatic rings. The number of aromatic nitrogens is 3. The summed E-state index contributed by atoms with van der Waals surface area (Å²) in [5.41, 5.74) is 1.42. The Hall–Kier alpha value is -1.99. The Kier molecular flexibility index (Phi) is 5.03. The summed E-state index contributed by atoms with van der Waals surface area (Å²) in [6.45, 7) is 0. The Morgan fingerprint density at radius 2 is 2.07 bits per heavy atom. The summed E-state index contributed by atoms with van der Waals surface area (Å²) < 4.78 is 11.9. The van der Waals surface area contributed by atoms with Gasteiger partial charge in [-0.05, 0) is 63.5 Å². The Morgan fingerprint density at radius 1 is 1.18 bits per heavy atom. The van der Waals surface area contributed by atoms with Gasteiger partial charge >= 0.3 is 0 Å². The maximum atomic E-state index is 6.44. The minimum absolute atomic E-state index is 0.255. The first-order valence-corrected chi connectivity index (χ1v) is 11.1. The lowest BCUT2D eigenvalue weighted by Gasteiger charge is -2.28. The van der Waals surface area contributed by atoms with Gasteiger partial charge in [-0.2, -0.15) is 0 Å². The molecule has 1 fully saturated rings. The van der Waals surface area contributed by atoms with E-state index in [0.717, 1.165) is 66.9 Å². The zero-order chi connectivity index (χ0) is 18.9. The van der Waals surface area contributed by atoms with Crippen LogP contribution in [0.1, 0.15) is 60.8 Å². The maximum Gasteiger partial charge on any atom is 0.225 e. The van der Waals surface area contributed by atoms with Crippen molar-refractivity contribution in [3.63, 3.8) is 0 Å². The van der Waals surface area contributed by atoms with E-state index in [2.05, 4.69) is 20.3 Å². The van der Waals surface area contributed by atoms with Crippen LogP contribution < -0.4 is 10.1 Å². The molecule has 7 heteroatoms. The van der Waals surface area contributed by atoms with E-state index in [4.69, 9.17) is 9.15 Å².